The second-order valence-corrected chi connectivity index (χ2v) is 6.10. The van der Waals surface area contributed by atoms with E-state index in [0.717, 1.165) is 18.7 Å². The SMILES string of the molecule is Cc1cc(=O)n(CCN(C)CCc2scnc2C)c(=O)[nH]1. The number of hydrogen-bond acceptors (Lipinski definition) is 5. The Bertz CT molecular complexity index is 685. The summed E-state index contributed by atoms with van der Waals surface area (Å²) in [5.74, 6) is 0. The number of thiazole rings is 1. The molecule has 0 aromatic carbocycles. The minimum absolute atomic E-state index is 0.247. The van der Waals surface area contributed by atoms with Crippen LogP contribution >= 0.6 is 11.3 Å². The van der Waals surface area contributed by atoms with Gasteiger partial charge in [-0.2, -0.15) is 0 Å². The second kappa shape index (κ2) is 6.82. The molecule has 1 N–H and O–H groups in total. The Balaban J connectivity index is 1.90. The van der Waals surface area contributed by atoms with Crippen molar-refractivity contribution >= 4 is 11.3 Å². The van der Waals surface area contributed by atoms with E-state index in [1.165, 1.54) is 15.5 Å². The maximum atomic E-state index is 11.8. The molecule has 0 spiro atoms. The number of nitrogens with one attached hydrogen (secondary N) is 1. The number of hydrogen-bond donors (Lipinski definition) is 1. The zero-order valence-electron chi connectivity index (χ0n) is 12.5. The topological polar surface area (TPSA) is 71.0 Å². The molecule has 0 radical (unpaired) electrons. The molecule has 0 atom stereocenters. The van der Waals surface area contributed by atoms with Crippen molar-refractivity contribution in [3.8, 4) is 0 Å². The molecule has 2 aromatic rings. The molecular formula is C14H20N4O2S. The number of aryl methyl sites for hydroxylation is 2. The molecular weight excluding hydrogens is 288 g/mol. The van der Waals surface area contributed by atoms with Crippen LogP contribution in [0.25, 0.3) is 0 Å². The fourth-order valence-corrected chi connectivity index (χ4v) is 2.86. The number of aromatic nitrogens is 3. The lowest BCUT2D eigenvalue weighted by molar-refractivity contribution is 0.318. The van der Waals surface area contributed by atoms with Gasteiger partial charge in [-0.1, -0.05) is 0 Å². The maximum Gasteiger partial charge on any atom is 0.328 e. The number of aromatic amines is 1. The van der Waals surface area contributed by atoms with Gasteiger partial charge in [0, 0.05) is 36.3 Å². The van der Waals surface area contributed by atoms with Crippen molar-refractivity contribution < 1.29 is 0 Å². The molecule has 114 valence electrons. The summed E-state index contributed by atoms with van der Waals surface area (Å²) in [5, 5.41) is 0. The lowest BCUT2D eigenvalue weighted by atomic mass is 10.3. The van der Waals surface area contributed by atoms with Gasteiger partial charge in [0.2, 0.25) is 0 Å². The van der Waals surface area contributed by atoms with Crippen molar-refractivity contribution in [2.24, 2.45) is 0 Å². The summed E-state index contributed by atoms with van der Waals surface area (Å²) >= 11 is 1.66. The molecule has 2 aromatic heterocycles. The fourth-order valence-electron chi connectivity index (χ4n) is 2.09. The summed E-state index contributed by atoms with van der Waals surface area (Å²) < 4.78 is 1.24. The van der Waals surface area contributed by atoms with E-state index in [9.17, 15) is 9.59 Å². The van der Waals surface area contributed by atoms with Crippen LogP contribution in [-0.4, -0.2) is 39.6 Å². The van der Waals surface area contributed by atoms with Crippen LogP contribution in [0.5, 0.6) is 0 Å². The minimum atomic E-state index is -0.341. The molecule has 0 bridgehead atoms. The predicted molar refractivity (Wildman–Crippen MR) is 84.1 cm³/mol. The number of rotatable bonds is 6. The Kier molecular flexibility index (Phi) is 5.08. The minimum Gasteiger partial charge on any atom is -0.311 e. The van der Waals surface area contributed by atoms with Crippen molar-refractivity contribution in [2.75, 3.05) is 20.1 Å². The van der Waals surface area contributed by atoms with Gasteiger partial charge in [0.25, 0.3) is 5.56 Å². The molecule has 0 aliphatic rings. The van der Waals surface area contributed by atoms with E-state index in [1.54, 1.807) is 18.3 Å². The van der Waals surface area contributed by atoms with E-state index in [-0.39, 0.29) is 11.2 Å². The Hall–Kier alpha value is -1.73. The van der Waals surface area contributed by atoms with Crippen LogP contribution in [0.1, 0.15) is 16.3 Å². The molecule has 0 aliphatic heterocycles. The Morgan fingerprint density at radius 1 is 1.33 bits per heavy atom. The molecule has 7 heteroatoms. The van der Waals surface area contributed by atoms with Gasteiger partial charge >= 0.3 is 5.69 Å². The molecule has 21 heavy (non-hydrogen) atoms. The van der Waals surface area contributed by atoms with E-state index < -0.39 is 0 Å². The lowest BCUT2D eigenvalue weighted by Gasteiger charge is -2.16. The summed E-state index contributed by atoms with van der Waals surface area (Å²) in [5.41, 5.74) is 2.94. The van der Waals surface area contributed by atoms with Gasteiger partial charge in [-0.15, -0.1) is 11.3 Å². The third kappa shape index (κ3) is 4.12. The van der Waals surface area contributed by atoms with Crippen LogP contribution in [-0.2, 0) is 13.0 Å². The van der Waals surface area contributed by atoms with Crippen molar-refractivity contribution in [2.45, 2.75) is 26.8 Å². The predicted octanol–water partition coefficient (Wildman–Crippen LogP) is 0.784. The lowest BCUT2D eigenvalue weighted by Crippen LogP contribution is -2.38. The van der Waals surface area contributed by atoms with Gasteiger partial charge in [-0.25, -0.2) is 9.78 Å². The fraction of sp³-hybridized carbons (Fsp3) is 0.500. The van der Waals surface area contributed by atoms with Gasteiger partial charge in [0.15, 0.2) is 0 Å². The quantitative estimate of drug-likeness (QED) is 0.856. The highest BCUT2D eigenvalue weighted by molar-refractivity contribution is 7.09. The highest BCUT2D eigenvalue weighted by Gasteiger charge is 2.06. The Labute approximate surface area is 127 Å². The normalized spacial score (nSPS) is 11.2. The number of likely N-dealkylation sites (N-methyl/N-ethyl adjacent to an activating group) is 1. The largest absolute Gasteiger partial charge is 0.328 e. The highest BCUT2D eigenvalue weighted by atomic mass is 32.1. The number of nitrogens with zero attached hydrogens (tertiary/aromatic N) is 3. The molecule has 0 unspecified atom stereocenters. The zero-order valence-corrected chi connectivity index (χ0v) is 13.4. The van der Waals surface area contributed by atoms with Gasteiger partial charge in [-0.05, 0) is 27.3 Å². The van der Waals surface area contributed by atoms with E-state index >= 15 is 0 Å². The van der Waals surface area contributed by atoms with Crippen molar-refractivity contribution in [1.82, 2.24) is 19.4 Å². The highest BCUT2D eigenvalue weighted by Crippen LogP contribution is 2.12. The first-order valence-corrected chi connectivity index (χ1v) is 7.73. The third-order valence-electron chi connectivity index (χ3n) is 3.43. The molecule has 2 rings (SSSR count). The maximum absolute atomic E-state index is 11.8. The average molecular weight is 308 g/mol. The van der Waals surface area contributed by atoms with Gasteiger partial charge in [-0.3, -0.25) is 9.36 Å². The van der Waals surface area contributed by atoms with Gasteiger partial charge < -0.3 is 9.88 Å². The van der Waals surface area contributed by atoms with Crippen LogP contribution in [0.2, 0.25) is 0 Å². The van der Waals surface area contributed by atoms with Crippen molar-refractivity contribution in [3.05, 3.63) is 48.7 Å². The molecule has 2 heterocycles. The summed E-state index contributed by atoms with van der Waals surface area (Å²) in [6.07, 6.45) is 0.937. The Morgan fingerprint density at radius 3 is 2.71 bits per heavy atom. The summed E-state index contributed by atoms with van der Waals surface area (Å²) in [7, 11) is 1.99. The van der Waals surface area contributed by atoms with Crippen molar-refractivity contribution in [3.63, 3.8) is 0 Å². The Morgan fingerprint density at radius 2 is 2.10 bits per heavy atom. The van der Waals surface area contributed by atoms with Crippen LogP contribution in [0.4, 0.5) is 0 Å². The van der Waals surface area contributed by atoms with Crippen LogP contribution in [0.3, 0.4) is 0 Å². The standard InChI is InChI=1S/C14H20N4O2S/c1-10-8-13(19)18(14(20)16-10)7-6-17(3)5-4-12-11(2)15-9-21-12/h8-9H,4-7H2,1-3H3,(H,16,20). The summed E-state index contributed by atoms with van der Waals surface area (Å²) in [6.45, 7) is 5.64. The molecule has 0 saturated heterocycles. The van der Waals surface area contributed by atoms with Crippen LogP contribution in [0.15, 0.2) is 21.2 Å². The molecule has 0 fully saturated rings. The average Bonchev–Trinajstić information content (AvgIpc) is 2.80. The summed E-state index contributed by atoms with van der Waals surface area (Å²) in [4.78, 5) is 33.8. The first-order chi connectivity index (χ1) is 9.97. The summed E-state index contributed by atoms with van der Waals surface area (Å²) in [6, 6.07) is 1.45. The third-order valence-corrected chi connectivity index (χ3v) is 4.42. The first-order valence-electron chi connectivity index (χ1n) is 6.85. The first kappa shape index (κ1) is 15.7. The van der Waals surface area contributed by atoms with E-state index in [1.807, 2.05) is 19.5 Å². The molecule has 0 saturated carbocycles. The second-order valence-electron chi connectivity index (χ2n) is 5.16. The van der Waals surface area contributed by atoms with E-state index in [0.29, 0.717) is 18.8 Å². The monoisotopic (exact) mass is 308 g/mol. The zero-order chi connectivity index (χ0) is 15.4. The molecule has 0 aliphatic carbocycles. The van der Waals surface area contributed by atoms with Crippen LogP contribution < -0.4 is 11.2 Å². The van der Waals surface area contributed by atoms with Crippen LogP contribution in [0, 0.1) is 13.8 Å². The molecule has 0 amide bonds. The van der Waals surface area contributed by atoms with Gasteiger partial charge in [0.05, 0.1) is 11.2 Å². The molecule has 6 nitrogen and oxygen atoms in total. The smallest absolute Gasteiger partial charge is 0.311 e. The van der Waals surface area contributed by atoms with Gasteiger partial charge in [0.1, 0.15) is 0 Å². The number of H-pyrrole nitrogens is 1. The van der Waals surface area contributed by atoms with Crippen molar-refractivity contribution in [1.29, 1.82) is 0 Å². The van der Waals surface area contributed by atoms with E-state index in [2.05, 4.69) is 14.9 Å². The van der Waals surface area contributed by atoms with E-state index in [4.69, 9.17) is 0 Å².